The molecular formula is C31H43Cl2N5O7S2. The molecule has 0 bridgehead atoms. The number of carbonyl (C=O) groups is 2. The van der Waals surface area contributed by atoms with E-state index in [1.54, 1.807) is 30.3 Å². The first-order chi connectivity index (χ1) is 22.2. The number of sulfonamides is 2. The van der Waals surface area contributed by atoms with Crippen LogP contribution in [-0.2, 0) is 54.1 Å². The van der Waals surface area contributed by atoms with E-state index in [4.69, 9.17) is 27.9 Å². The highest BCUT2D eigenvalue weighted by Crippen LogP contribution is 2.26. The lowest BCUT2D eigenvalue weighted by Crippen LogP contribution is -2.53. The molecule has 4 rings (SSSR count). The van der Waals surface area contributed by atoms with Gasteiger partial charge in [-0.25, -0.2) is 26.3 Å². The van der Waals surface area contributed by atoms with Crippen molar-refractivity contribution in [2.45, 2.75) is 70.0 Å². The molecule has 16 heteroatoms. The lowest BCUT2D eigenvalue weighted by molar-refractivity contribution is -0.140. The molecule has 4 N–H and O–H groups in total. The number of carbonyl (C=O) groups excluding carboxylic acids is 2. The van der Waals surface area contributed by atoms with Crippen molar-refractivity contribution in [3.63, 3.8) is 0 Å². The Hall–Kier alpha value is -2.30. The van der Waals surface area contributed by atoms with Gasteiger partial charge >= 0.3 is 0 Å². The second kappa shape index (κ2) is 16.9. The summed E-state index contributed by atoms with van der Waals surface area (Å²) < 4.78 is 59.2. The van der Waals surface area contributed by atoms with Gasteiger partial charge in [0, 0.05) is 36.1 Å². The fourth-order valence-corrected chi connectivity index (χ4v) is 7.38. The first-order valence-corrected chi connectivity index (χ1v) is 20.0. The Balaban J connectivity index is 1.52. The van der Waals surface area contributed by atoms with Crippen molar-refractivity contribution in [3.8, 4) is 0 Å². The molecule has 12 nitrogen and oxygen atoms in total. The van der Waals surface area contributed by atoms with Gasteiger partial charge in [-0.1, -0.05) is 41.4 Å². The van der Waals surface area contributed by atoms with Crippen LogP contribution in [0.1, 0.15) is 48.8 Å². The molecule has 0 spiro atoms. The first-order valence-electron chi connectivity index (χ1n) is 15.5. The van der Waals surface area contributed by atoms with Gasteiger partial charge in [0.15, 0.2) is 0 Å². The zero-order valence-electron chi connectivity index (χ0n) is 26.5. The SMILES string of the molecule is CS(=O)(=O)NCc1ccc(Cl)cc1CNC(=O)[C@H]1C[C@@H](OCc2ccc(Cl)cc2)CN1C(=O)[C@@H](CCC1CCNCC1)NS(C)(=O)=O. The number of hydrogen-bond acceptors (Lipinski definition) is 8. The molecule has 2 saturated heterocycles. The third-order valence-electron chi connectivity index (χ3n) is 8.37. The number of nitrogens with one attached hydrogen (secondary N) is 4. The lowest BCUT2D eigenvalue weighted by atomic mass is 9.91. The molecule has 0 saturated carbocycles. The zero-order chi connectivity index (χ0) is 34.2. The molecule has 2 heterocycles. The summed E-state index contributed by atoms with van der Waals surface area (Å²) >= 11 is 12.2. The average Bonchev–Trinajstić information content (AvgIpc) is 3.45. The predicted molar refractivity (Wildman–Crippen MR) is 182 cm³/mol. The Labute approximate surface area is 287 Å². The maximum absolute atomic E-state index is 14.1. The molecule has 0 aliphatic carbocycles. The van der Waals surface area contributed by atoms with Crippen LogP contribution in [0.25, 0.3) is 0 Å². The molecule has 0 aromatic heterocycles. The van der Waals surface area contributed by atoms with Gasteiger partial charge in [0.05, 0.1) is 25.2 Å². The highest BCUT2D eigenvalue weighted by atomic mass is 35.5. The summed E-state index contributed by atoms with van der Waals surface area (Å²) in [6, 6.07) is 10.1. The minimum Gasteiger partial charge on any atom is -0.372 e. The Morgan fingerprint density at radius 2 is 1.64 bits per heavy atom. The third-order valence-corrected chi connectivity index (χ3v) is 10.2. The van der Waals surface area contributed by atoms with Gasteiger partial charge in [-0.2, -0.15) is 0 Å². The van der Waals surface area contributed by atoms with Gasteiger partial charge < -0.3 is 20.3 Å². The number of piperidine rings is 1. The van der Waals surface area contributed by atoms with Crippen molar-refractivity contribution < 1.29 is 31.2 Å². The van der Waals surface area contributed by atoms with Crippen molar-refractivity contribution in [2.24, 2.45) is 5.92 Å². The van der Waals surface area contributed by atoms with Gasteiger partial charge in [0.25, 0.3) is 0 Å². The zero-order valence-corrected chi connectivity index (χ0v) is 29.7. The first kappa shape index (κ1) is 37.5. The van der Waals surface area contributed by atoms with Crippen molar-refractivity contribution in [1.82, 2.24) is 25.0 Å². The lowest BCUT2D eigenvalue weighted by Gasteiger charge is -2.30. The number of hydrogen-bond donors (Lipinski definition) is 4. The second-order valence-corrected chi connectivity index (χ2v) is 16.7. The van der Waals surface area contributed by atoms with Crippen molar-refractivity contribution in [2.75, 3.05) is 32.1 Å². The van der Waals surface area contributed by atoms with Gasteiger partial charge in [-0.3, -0.25) is 9.59 Å². The van der Waals surface area contributed by atoms with Crippen LogP contribution in [-0.4, -0.2) is 83.9 Å². The Morgan fingerprint density at radius 3 is 2.30 bits per heavy atom. The maximum atomic E-state index is 14.1. The van der Waals surface area contributed by atoms with E-state index < -0.39 is 50.0 Å². The summed E-state index contributed by atoms with van der Waals surface area (Å²) in [5.41, 5.74) is 2.10. The van der Waals surface area contributed by atoms with Crippen LogP contribution in [0.4, 0.5) is 0 Å². The molecule has 2 aromatic carbocycles. The van der Waals surface area contributed by atoms with Crippen LogP contribution in [0, 0.1) is 5.92 Å². The van der Waals surface area contributed by atoms with Crippen LogP contribution < -0.4 is 20.1 Å². The monoisotopic (exact) mass is 731 g/mol. The molecule has 0 unspecified atom stereocenters. The number of nitrogens with zero attached hydrogens (tertiary/aromatic N) is 1. The summed E-state index contributed by atoms with van der Waals surface area (Å²) in [4.78, 5) is 29.2. The summed E-state index contributed by atoms with van der Waals surface area (Å²) in [5.74, 6) is -0.567. The topological polar surface area (TPSA) is 163 Å². The molecule has 3 atom stereocenters. The van der Waals surface area contributed by atoms with E-state index in [2.05, 4.69) is 20.1 Å². The number of rotatable bonds is 15. The van der Waals surface area contributed by atoms with Gasteiger partial charge in [-0.15, -0.1) is 0 Å². The van der Waals surface area contributed by atoms with E-state index in [0.29, 0.717) is 39.9 Å². The summed E-state index contributed by atoms with van der Waals surface area (Å²) in [7, 11) is -7.20. The van der Waals surface area contributed by atoms with Crippen LogP contribution in [0.2, 0.25) is 10.0 Å². The van der Waals surface area contributed by atoms with Crippen molar-refractivity contribution in [3.05, 3.63) is 69.2 Å². The Kier molecular flexibility index (Phi) is 13.5. The predicted octanol–water partition coefficient (Wildman–Crippen LogP) is 2.54. The number of likely N-dealkylation sites (tertiary alicyclic amines) is 1. The molecule has 0 radical (unpaired) electrons. The number of benzene rings is 2. The highest BCUT2D eigenvalue weighted by Gasteiger charge is 2.42. The third kappa shape index (κ3) is 12.3. The maximum Gasteiger partial charge on any atom is 0.243 e. The largest absolute Gasteiger partial charge is 0.372 e. The molecule has 2 aliphatic rings. The Morgan fingerprint density at radius 1 is 0.957 bits per heavy atom. The van der Waals surface area contributed by atoms with E-state index >= 15 is 0 Å². The van der Waals surface area contributed by atoms with Crippen LogP contribution in [0.15, 0.2) is 42.5 Å². The van der Waals surface area contributed by atoms with Gasteiger partial charge in [0.2, 0.25) is 31.9 Å². The number of ether oxygens (including phenoxy) is 1. The van der Waals surface area contributed by atoms with Crippen LogP contribution in [0.3, 0.4) is 0 Å². The number of amides is 2. The van der Waals surface area contributed by atoms with Gasteiger partial charge in [0.1, 0.15) is 12.1 Å². The van der Waals surface area contributed by atoms with E-state index in [1.807, 2.05) is 12.1 Å². The fourth-order valence-electron chi connectivity index (χ4n) is 5.91. The molecular weight excluding hydrogens is 689 g/mol. The van der Waals surface area contributed by atoms with E-state index in [-0.39, 0.29) is 32.7 Å². The van der Waals surface area contributed by atoms with Gasteiger partial charge in [-0.05, 0) is 85.6 Å². The highest BCUT2D eigenvalue weighted by molar-refractivity contribution is 7.89. The quantitative estimate of drug-likeness (QED) is 0.217. The molecule has 2 fully saturated rings. The second-order valence-electron chi connectivity index (χ2n) is 12.2. The molecule has 47 heavy (non-hydrogen) atoms. The van der Waals surface area contributed by atoms with E-state index in [9.17, 15) is 26.4 Å². The van der Waals surface area contributed by atoms with Crippen molar-refractivity contribution in [1.29, 1.82) is 0 Å². The normalized spacial score (nSPS) is 19.9. The standard InChI is InChI=1S/C31H43Cl2N5O7S2/c1-46(41,42)36-18-23-6-9-26(33)15-24(23)17-35-30(39)29-16-27(45-20-22-3-7-25(32)8-4-22)19-38(29)31(40)28(37-47(2,43)44)10-5-21-11-13-34-14-12-21/h3-4,6-9,15,21,27-29,34,36-37H,5,10-14,16-20H2,1-2H3,(H,35,39)/t27-,28-,29-/m1/s1. The molecule has 2 aliphatic heterocycles. The summed E-state index contributed by atoms with van der Waals surface area (Å²) in [6.45, 7) is 2.12. The Bertz CT molecular complexity index is 1600. The minimum absolute atomic E-state index is 0.00571. The summed E-state index contributed by atoms with van der Waals surface area (Å²) in [6.07, 6.45) is 4.64. The summed E-state index contributed by atoms with van der Waals surface area (Å²) in [5, 5.41) is 7.19. The smallest absolute Gasteiger partial charge is 0.243 e. The van der Waals surface area contributed by atoms with E-state index in [0.717, 1.165) is 44.0 Å². The van der Waals surface area contributed by atoms with Crippen molar-refractivity contribution >= 4 is 55.1 Å². The average molecular weight is 733 g/mol. The minimum atomic E-state index is -3.74. The molecule has 2 aromatic rings. The van der Waals surface area contributed by atoms with E-state index in [1.165, 1.54) is 4.90 Å². The molecule has 260 valence electrons. The number of halogens is 2. The fraction of sp³-hybridized carbons (Fsp3) is 0.548. The van der Waals surface area contributed by atoms with Crippen LogP contribution in [0.5, 0.6) is 0 Å². The van der Waals surface area contributed by atoms with Crippen LogP contribution >= 0.6 is 23.2 Å². The molecule has 2 amide bonds.